The van der Waals surface area contributed by atoms with E-state index >= 15 is 0 Å². The van der Waals surface area contributed by atoms with Crippen molar-refractivity contribution in [3.8, 4) is 11.1 Å². The third-order valence-corrected chi connectivity index (χ3v) is 5.67. The molecule has 0 saturated heterocycles. The van der Waals surface area contributed by atoms with Gasteiger partial charge in [-0.25, -0.2) is 4.79 Å². The second kappa shape index (κ2) is 9.94. The number of nitrogens with one attached hydrogen (secondary N) is 3. The lowest BCUT2D eigenvalue weighted by Crippen LogP contribution is -2.20. The highest BCUT2D eigenvalue weighted by molar-refractivity contribution is 7.08. The topological polar surface area (TPSA) is 70.2 Å². The van der Waals surface area contributed by atoms with Gasteiger partial charge in [-0.3, -0.25) is 4.79 Å². The van der Waals surface area contributed by atoms with Gasteiger partial charge in [0.05, 0.1) is 5.69 Å². The maximum absolute atomic E-state index is 12.8. The quantitative estimate of drug-likeness (QED) is 0.305. The molecule has 0 unspecified atom stereocenters. The maximum Gasteiger partial charge on any atom is 0.323 e. The Balaban J connectivity index is 1.57. The van der Waals surface area contributed by atoms with Crippen molar-refractivity contribution in [2.45, 2.75) is 13.3 Å². The molecule has 0 aliphatic heterocycles. The Morgan fingerprint density at radius 1 is 0.812 bits per heavy atom. The van der Waals surface area contributed by atoms with E-state index in [1.165, 1.54) is 0 Å². The van der Waals surface area contributed by atoms with Crippen LogP contribution < -0.4 is 16.0 Å². The molecular weight excluding hydrogens is 418 g/mol. The second-order valence-corrected chi connectivity index (χ2v) is 8.01. The van der Waals surface area contributed by atoms with Gasteiger partial charge in [0.15, 0.2) is 0 Å². The molecule has 32 heavy (non-hydrogen) atoms. The van der Waals surface area contributed by atoms with Crippen LogP contribution in [-0.2, 0) is 6.42 Å². The molecule has 0 radical (unpaired) electrons. The van der Waals surface area contributed by atoms with Crippen LogP contribution in [0.2, 0.25) is 0 Å². The predicted molar refractivity (Wildman–Crippen MR) is 133 cm³/mol. The number of anilines is 3. The van der Waals surface area contributed by atoms with Crippen molar-refractivity contribution in [2.24, 2.45) is 0 Å². The number of thiophene rings is 1. The first-order chi connectivity index (χ1) is 15.6. The molecule has 0 aliphatic carbocycles. The van der Waals surface area contributed by atoms with Crippen LogP contribution in [0.25, 0.3) is 11.1 Å². The maximum atomic E-state index is 12.8. The Morgan fingerprint density at radius 3 is 2.38 bits per heavy atom. The molecule has 0 spiro atoms. The van der Waals surface area contributed by atoms with Crippen molar-refractivity contribution in [3.63, 3.8) is 0 Å². The number of urea groups is 1. The van der Waals surface area contributed by atoms with E-state index in [0.717, 1.165) is 28.8 Å². The number of aryl methyl sites for hydroxylation is 1. The number of hydrogen-bond acceptors (Lipinski definition) is 3. The Labute approximate surface area is 191 Å². The van der Waals surface area contributed by atoms with Crippen molar-refractivity contribution >= 4 is 40.3 Å². The van der Waals surface area contributed by atoms with Crippen molar-refractivity contribution in [1.29, 1.82) is 0 Å². The summed E-state index contributed by atoms with van der Waals surface area (Å²) in [6.45, 7) is 2.07. The lowest BCUT2D eigenvalue weighted by Gasteiger charge is -2.14. The van der Waals surface area contributed by atoms with Crippen LogP contribution in [0.1, 0.15) is 22.8 Å². The van der Waals surface area contributed by atoms with E-state index in [0.29, 0.717) is 16.9 Å². The van der Waals surface area contributed by atoms with Crippen LogP contribution >= 0.6 is 11.3 Å². The lowest BCUT2D eigenvalue weighted by molar-refractivity contribution is 0.102. The fourth-order valence-corrected chi connectivity index (χ4v) is 4.00. The van der Waals surface area contributed by atoms with E-state index in [1.54, 1.807) is 29.5 Å². The number of hydrogen-bond donors (Lipinski definition) is 3. The van der Waals surface area contributed by atoms with Crippen molar-refractivity contribution in [1.82, 2.24) is 0 Å². The Kier molecular flexibility index (Phi) is 6.63. The molecular formula is C26H23N3O2S. The number of amides is 3. The first-order valence-electron chi connectivity index (χ1n) is 10.3. The predicted octanol–water partition coefficient (Wildman–Crippen LogP) is 6.87. The first-order valence-corrected chi connectivity index (χ1v) is 11.3. The normalized spacial score (nSPS) is 10.4. The van der Waals surface area contributed by atoms with Crippen LogP contribution in [0.5, 0.6) is 0 Å². The zero-order valence-corrected chi connectivity index (χ0v) is 18.4. The molecule has 1 aromatic heterocycles. The number of benzene rings is 3. The molecule has 4 rings (SSSR count). The van der Waals surface area contributed by atoms with E-state index in [1.807, 2.05) is 71.4 Å². The van der Waals surface area contributed by atoms with Gasteiger partial charge < -0.3 is 16.0 Å². The fraction of sp³-hybridized carbons (Fsp3) is 0.0769. The largest absolute Gasteiger partial charge is 0.323 e. The van der Waals surface area contributed by atoms with Gasteiger partial charge in [0.25, 0.3) is 5.91 Å². The smallest absolute Gasteiger partial charge is 0.322 e. The van der Waals surface area contributed by atoms with Crippen molar-refractivity contribution < 1.29 is 9.59 Å². The summed E-state index contributed by atoms with van der Waals surface area (Å²) in [7, 11) is 0. The molecule has 6 heteroatoms. The SMILES string of the molecule is CCc1cccc(NC(=O)Nc2cc(NC(=O)c3ccccc3)ccc2-c2ccsc2)c1. The van der Waals surface area contributed by atoms with Crippen LogP contribution in [0, 0.1) is 0 Å². The zero-order chi connectivity index (χ0) is 22.3. The zero-order valence-electron chi connectivity index (χ0n) is 17.6. The van der Waals surface area contributed by atoms with Crippen molar-refractivity contribution in [3.05, 3.63) is 101 Å². The summed E-state index contributed by atoms with van der Waals surface area (Å²) in [5, 5.41) is 12.7. The molecule has 3 amide bonds. The van der Waals surface area contributed by atoms with Crippen LogP contribution in [0.3, 0.4) is 0 Å². The van der Waals surface area contributed by atoms with Gasteiger partial charge in [-0.2, -0.15) is 11.3 Å². The monoisotopic (exact) mass is 441 g/mol. The standard InChI is InChI=1S/C26H23N3O2S/c1-2-18-7-6-10-21(15-18)28-26(31)29-24-16-22(11-12-23(24)20-13-14-32-17-20)27-25(30)19-8-4-3-5-9-19/h3-17H,2H2,1H3,(H,27,30)(H2,28,29,31). The minimum atomic E-state index is -0.346. The highest BCUT2D eigenvalue weighted by Gasteiger charge is 2.13. The summed E-state index contributed by atoms with van der Waals surface area (Å²) < 4.78 is 0. The third-order valence-electron chi connectivity index (χ3n) is 4.99. The molecule has 0 aliphatic rings. The van der Waals surface area contributed by atoms with Crippen LogP contribution in [-0.4, -0.2) is 11.9 Å². The molecule has 1 heterocycles. The second-order valence-electron chi connectivity index (χ2n) is 7.23. The highest BCUT2D eigenvalue weighted by atomic mass is 32.1. The number of rotatable bonds is 6. The molecule has 3 N–H and O–H groups in total. The van der Waals surface area contributed by atoms with Crippen molar-refractivity contribution in [2.75, 3.05) is 16.0 Å². The van der Waals surface area contributed by atoms with Gasteiger partial charge >= 0.3 is 6.03 Å². The molecule has 3 aromatic carbocycles. The summed E-state index contributed by atoms with van der Waals surface area (Å²) >= 11 is 1.58. The molecule has 4 aromatic rings. The average molecular weight is 442 g/mol. The summed E-state index contributed by atoms with van der Waals surface area (Å²) in [6, 6.07) is 23.9. The summed E-state index contributed by atoms with van der Waals surface area (Å²) in [5.41, 5.74) is 5.53. The first kappa shape index (κ1) is 21.3. The van der Waals surface area contributed by atoms with Crippen LogP contribution in [0.15, 0.2) is 89.6 Å². The number of carbonyl (C=O) groups is 2. The summed E-state index contributed by atoms with van der Waals surface area (Å²) in [4.78, 5) is 25.3. The molecule has 0 saturated carbocycles. The van der Waals surface area contributed by atoms with E-state index in [9.17, 15) is 9.59 Å². The van der Waals surface area contributed by atoms with E-state index in [2.05, 4.69) is 22.9 Å². The van der Waals surface area contributed by atoms with Gasteiger partial charge in [0, 0.05) is 22.5 Å². The Morgan fingerprint density at radius 2 is 1.62 bits per heavy atom. The highest BCUT2D eigenvalue weighted by Crippen LogP contribution is 2.32. The average Bonchev–Trinajstić information content (AvgIpc) is 3.34. The molecule has 0 bridgehead atoms. The van der Waals surface area contributed by atoms with Gasteiger partial charge in [-0.15, -0.1) is 0 Å². The van der Waals surface area contributed by atoms with Gasteiger partial charge in [0.1, 0.15) is 0 Å². The molecule has 0 atom stereocenters. The number of carbonyl (C=O) groups excluding carboxylic acids is 2. The minimum absolute atomic E-state index is 0.208. The molecule has 5 nitrogen and oxygen atoms in total. The van der Waals surface area contributed by atoms with Gasteiger partial charge in [-0.1, -0.05) is 43.3 Å². The lowest BCUT2D eigenvalue weighted by atomic mass is 10.1. The third kappa shape index (κ3) is 5.22. The van der Waals surface area contributed by atoms with E-state index < -0.39 is 0 Å². The van der Waals surface area contributed by atoms with Gasteiger partial charge in [0.2, 0.25) is 0 Å². The summed E-state index contributed by atoms with van der Waals surface area (Å²) in [5.74, 6) is -0.208. The summed E-state index contributed by atoms with van der Waals surface area (Å²) in [6.07, 6.45) is 0.891. The van der Waals surface area contributed by atoms with E-state index in [-0.39, 0.29) is 11.9 Å². The Bertz CT molecular complexity index is 1220. The minimum Gasteiger partial charge on any atom is -0.322 e. The van der Waals surface area contributed by atoms with Crippen LogP contribution in [0.4, 0.5) is 21.9 Å². The van der Waals surface area contributed by atoms with Gasteiger partial charge in [-0.05, 0) is 70.8 Å². The molecule has 0 fully saturated rings. The van der Waals surface area contributed by atoms with E-state index in [4.69, 9.17) is 0 Å². The Hall–Kier alpha value is -3.90. The fourth-order valence-electron chi connectivity index (χ4n) is 3.34. The molecule has 160 valence electrons.